The SMILES string of the molecule is CCCCCCCC/C=C/CCCCCCCCOC(=O)CC[C@@H](NC(=O)[C@H](O)[C@@H](O)[C@H](O)[C@@H](O)CO)C(=O)OCCCCCCCC/C=C/CCCCCCCC. The van der Waals surface area contributed by atoms with Crippen molar-refractivity contribution in [3.8, 4) is 0 Å². The molecule has 1 amide bonds. The molecule has 0 unspecified atom stereocenters. The number of aliphatic hydroxyl groups is 5. The van der Waals surface area contributed by atoms with Gasteiger partial charge in [-0.05, 0) is 70.6 Å². The minimum absolute atomic E-state index is 0.124. The monoisotopic (exact) mass is 826 g/mol. The van der Waals surface area contributed by atoms with E-state index in [0.29, 0.717) is 6.42 Å². The molecule has 0 aromatic carbocycles. The Hall–Kier alpha value is -2.31. The maximum absolute atomic E-state index is 13.0. The van der Waals surface area contributed by atoms with Crippen LogP contribution in [-0.2, 0) is 23.9 Å². The predicted octanol–water partition coefficient (Wildman–Crippen LogP) is 8.85. The molecule has 0 aliphatic rings. The van der Waals surface area contributed by atoms with Gasteiger partial charge >= 0.3 is 11.9 Å². The van der Waals surface area contributed by atoms with Crippen LogP contribution in [0.15, 0.2) is 24.3 Å². The number of allylic oxidation sites excluding steroid dienone is 4. The topological polar surface area (TPSA) is 183 Å². The summed E-state index contributed by atoms with van der Waals surface area (Å²) in [5, 5.41) is 51.3. The second-order valence-corrected chi connectivity index (χ2v) is 16.0. The van der Waals surface area contributed by atoms with Crippen molar-refractivity contribution in [2.75, 3.05) is 19.8 Å². The van der Waals surface area contributed by atoms with E-state index >= 15 is 0 Å². The summed E-state index contributed by atoms with van der Waals surface area (Å²) in [5.41, 5.74) is 0. The molecular weight excluding hydrogens is 739 g/mol. The second-order valence-electron chi connectivity index (χ2n) is 16.0. The van der Waals surface area contributed by atoms with Crippen molar-refractivity contribution < 1.29 is 49.4 Å². The van der Waals surface area contributed by atoms with Gasteiger partial charge in [0.25, 0.3) is 5.91 Å². The standard InChI is InChI=1S/C47H87NO10/c1-3-5-7-9-11-13-15-17-19-21-23-25-27-29-31-33-37-57-42(51)36-35-40(48-46(55)45(54)44(53)43(52)41(50)39-49)47(56)58-38-34-32-30-28-26-24-22-20-18-16-14-12-10-8-6-4-2/h17-20,40-41,43-45,49-50,52-54H,3-16,21-39H2,1-2H3,(H,48,55)/b19-17+,20-18+/t40-,41+,43-,44+,45-/m1/s1. The van der Waals surface area contributed by atoms with E-state index in [1.807, 2.05) is 0 Å². The number of carbonyl (C=O) groups is 3. The third-order valence-corrected chi connectivity index (χ3v) is 10.6. The summed E-state index contributed by atoms with van der Waals surface area (Å²) >= 11 is 0. The Balaban J connectivity index is 4.46. The zero-order valence-electron chi connectivity index (χ0n) is 36.8. The zero-order chi connectivity index (χ0) is 42.9. The quantitative estimate of drug-likeness (QED) is 0.0198. The van der Waals surface area contributed by atoms with Gasteiger partial charge in [-0.1, -0.05) is 154 Å². The Morgan fingerprint density at radius 3 is 1.31 bits per heavy atom. The fraction of sp³-hybridized carbons (Fsp3) is 0.851. The first-order valence-electron chi connectivity index (χ1n) is 23.4. The van der Waals surface area contributed by atoms with Crippen LogP contribution in [0.1, 0.15) is 206 Å². The molecule has 340 valence electrons. The summed E-state index contributed by atoms with van der Waals surface area (Å²) in [4.78, 5) is 38.2. The number of nitrogens with one attached hydrogen (secondary N) is 1. The highest BCUT2D eigenvalue weighted by Crippen LogP contribution is 2.13. The van der Waals surface area contributed by atoms with Crippen LogP contribution in [0, 0.1) is 0 Å². The smallest absolute Gasteiger partial charge is 0.328 e. The molecule has 0 saturated carbocycles. The van der Waals surface area contributed by atoms with Gasteiger partial charge in [0.05, 0.1) is 19.8 Å². The number of hydrogen-bond acceptors (Lipinski definition) is 10. The maximum Gasteiger partial charge on any atom is 0.328 e. The van der Waals surface area contributed by atoms with E-state index in [2.05, 4.69) is 43.5 Å². The number of carbonyl (C=O) groups excluding carboxylic acids is 3. The van der Waals surface area contributed by atoms with Crippen molar-refractivity contribution in [1.29, 1.82) is 0 Å². The van der Waals surface area contributed by atoms with Crippen molar-refractivity contribution in [2.45, 2.75) is 237 Å². The van der Waals surface area contributed by atoms with Gasteiger partial charge in [0.15, 0.2) is 6.10 Å². The molecule has 0 bridgehead atoms. The Morgan fingerprint density at radius 2 is 0.897 bits per heavy atom. The van der Waals surface area contributed by atoms with Gasteiger partial charge in [-0.2, -0.15) is 0 Å². The highest BCUT2D eigenvalue weighted by molar-refractivity contribution is 5.87. The van der Waals surface area contributed by atoms with Gasteiger partial charge in [-0.3, -0.25) is 9.59 Å². The summed E-state index contributed by atoms with van der Waals surface area (Å²) in [6.07, 6.45) is 33.3. The van der Waals surface area contributed by atoms with Gasteiger partial charge in [0, 0.05) is 6.42 Å². The molecule has 11 heteroatoms. The normalized spacial score (nSPS) is 14.4. The predicted molar refractivity (Wildman–Crippen MR) is 233 cm³/mol. The van der Waals surface area contributed by atoms with Crippen LogP contribution in [0.3, 0.4) is 0 Å². The van der Waals surface area contributed by atoms with Crippen LogP contribution in [0.2, 0.25) is 0 Å². The van der Waals surface area contributed by atoms with Crippen molar-refractivity contribution in [2.24, 2.45) is 0 Å². The van der Waals surface area contributed by atoms with E-state index in [9.17, 15) is 34.8 Å². The lowest BCUT2D eigenvalue weighted by Gasteiger charge is -2.26. The molecule has 0 radical (unpaired) electrons. The Labute approximate surface area is 352 Å². The number of aliphatic hydroxyl groups excluding tert-OH is 5. The third-order valence-electron chi connectivity index (χ3n) is 10.6. The average Bonchev–Trinajstić information content (AvgIpc) is 3.23. The van der Waals surface area contributed by atoms with Crippen LogP contribution in [-0.4, -0.2) is 93.7 Å². The van der Waals surface area contributed by atoms with Gasteiger partial charge in [-0.15, -0.1) is 0 Å². The molecule has 0 aromatic heterocycles. The number of rotatable bonds is 42. The molecule has 0 aromatic rings. The largest absolute Gasteiger partial charge is 0.466 e. The van der Waals surface area contributed by atoms with Crippen molar-refractivity contribution >= 4 is 17.8 Å². The highest BCUT2D eigenvalue weighted by Gasteiger charge is 2.36. The van der Waals surface area contributed by atoms with Crippen molar-refractivity contribution in [3.05, 3.63) is 24.3 Å². The molecule has 58 heavy (non-hydrogen) atoms. The average molecular weight is 826 g/mol. The minimum Gasteiger partial charge on any atom is -0.466 e. The van der Waals surface area contributed by atoms with Crippen LogP contribution in [0.4, 0.5) is 0 Å². The molecule has 0 heterocycles. The van der Waals surface area contributed by atoms with Crippen molar-refractivity contribution in [1.82, 2.24) is 5.32 Å². The molecule has 5 atom stereocenters. The van der Waals surface area contributed by atoms with Crippen LogP contribution >= 0.6 is 0 Å². The van der Waals surface area contributed by atoms with Crippen LogP contribution < -0.4 is 5.32 Å². The number of unbranched alkanes of at least 4 members (excludes halogenated alkanes) is 24. The minimum atomic E-state index is -2.22. The van der Waals surface area contributed by atoms with E-state index in [1.54, 1.807) is 0 Å². The van der Waals surface area contributed by atoms with Gasteiger partial charge in [-0.25, -0.2) is 4.79 Å². The summed E-state index contributed by atoms with van der Waals surface area (Å²) in [6.45, 7) is 3.96. The molecule has 0 aliphatic heterocycles. The number of ether oxygens (including phenoxy) is 2. The lowest BCUT2D eigenvalue weighted by molar-refractivity contribution is -0.155. The van der Waals surface area contributed by atoms with Crippen LogP contribution in [0.5, 0.6) is 0 Å². The summed E-state index contributed by atoms with van der Waals surface area (Å²) < 4.78 is 10.8. The fourth-order valence-electron chi connectivity index (χ4n) is 6.68. The van der Waals surface area contributed by atoms with Crippen molar-refractivity contribution in [3.63, 3.8) is 0 Å². The molecule has 6 N–H and O–H groups in total. The molecule has 0 saturated heterocycles. The maximum atomic E-state index is 13.0. The van der Waals surface area contributed by atoms with E-state index < -0.39 is 54.9 Å². The van der Waals surface area contributed by atoms with E-state index in [-0.39, 0.29) is 26.1 Å². The number of amides is 1. The van der Waals surface area contributed by atoms with Gasteiger partial charge < -0.3 is 40.3 Å². The van der Waals surface area contributed by atoms with E-state index in [0.717, 1.165) is 77.0 Å². The lowest BCUT2D eigenvalue weighted by Crippen LogP contribution is -2.54. The molecule has 0 fully saturated rings. The Morgan fingerprint density at radius 1 is 0.517 bits per heavy atom. The summed E-state index contributed by atoms with van der Waals surface area (Å²) in [5.74, 6) is -2.52. The number of esters is 2. The second kappa shape index (κ2) is 41.4. The first-order valence-corrected chi connectivity index (χ1v) is 23.4. The zero-order valence-corrected chi connectivity index (χ0v) is 36.8. The Kier molecular flexibility index (Phi) is 39.8. The Bertz CT molecular complexity index is 1020. The first kappa shape index (κ1) is 55.7. The van der Waals surface area contributed by atoms with Crippen LogP contribution in [0.25, 0.3) is 0 Å². The fourth-order valence-corrected chi connectivity index (χ4v) is 6.68. The van der Waals surface area contributed by atoms with Gasteiger partial charge in [0.1, 0.15) is 24.4 Å². The van der Waals surface area contributed by atoms with E-state index in [1.165, 1.54) is 96.3 Å². The lowest BCUT2D eigenvalue weighted by atomic mass is 10.0. The molecule has 11 nitrogen and oxygen atoms in total. The number of hydrogen-bond donors (Lipinski definition) is 6. The molecular formula is C47H87NO10. The molecule has 0 spiro atoms. The summed E-state index contributed by atoms with van der Waals surface area (Å²) in [6, 6.07) is -1.32. The van der Waals surface area contributed by atoms with E-state index in [4.69, 9.17) is 14.6 Å². The molecule has 0 aliphatic carbocycles. The summed E-state index contributed by atoms with van der Waals surface area (Å²) in [7, 11) is 0. The third kappa shape index (κ3) is 33.5. The van der Waals surface area contributed by atoms with Gasteiger partial charge in [0.2, 0.25) is 0 Å². The highest BCUT2D eigenvalue weighted by atomic mass is 16.5. The molecule has 0 rings (SSSR count). The first-order chi connectivity index (χ1) is 28.2.